The molecule has 0 saturated carbocycles. The van der Waals surface area contributed by atoms with Crippen molar-refractivity contribution in [2.75, 3.05) is 17.6 Å². The molecule has 0 saturated heterocycles. The first-order valence-corrected chi connectivity index (χ1v) is 9.95. The molecule has 0 unspecified atom stereocenters. The van der Waals surface area contributed by atoms with Crippen molar-refractivity contribution in [3.05, 3.63) is 47.0 Å². The van der Waals surface area contributed by atoms with Crippen LogP contribution in [0.15, 0.2) is 24.3 Å². The van der Waals surface area contributed by atoms with E-state index in [0.717, 1.165) is 19.3 Å². The number of benzene rings is 1. The van der Waals surface area contributed by atoms with Crippen molar-refractivity contribution in [3.8, 4) is 0 Å². The number of nitrogens with zero attached hydrogens (tertiary/aromatic N) is 3. The summed E-state index contributed by atoms with van der Waals surface area (Å²) in [4.78, 5) is 12.8. The third kappa shape index (κ3) is 7.15. The van der Waals surface area contributed by atoms with Crippen molar-refractivity contribution in [3.63, 3.8) is 0 Å². The van der Waals surface area contributed by atoms with Gasteiger partial charge in [-0.2, -0.15) is 18.4 Å². The molecule has 8 heteroatoms. The van der Waals surface area contributed by atoms with Crippen molar-refractivity contribution in [1.82, 2.24) is 15.0 Å². The van der Waals surface area contributed by atoms with Crippen molar-refractivity contribution in [1.29, 1.82) is 0 Å². The van der Waals surface area contributed by atoms with E-state index < -0.39 is 15.9 Å². The van der Waals surface area contributed by atoms with E-state index >= 15 is 0 Å². The zero-order valence-electron chi connectivity index (χ0n) is 14.6. The fraction of sp³-hybridized carbons (Fsp3) is 0.471. The molecule has 0 aliphatic heterocycles. The molecule has 2 N–H and O–H groups in total. The first-order chi connectivity index (χ1) is 11.9. The van der Waals surface area contributed by atoms with E-state index in [4.69, 9.17) is 4.55 Å². The second-order valence-electron chi connectivity index (χ2n) is 5.90. The van der Waals surface area contributed by atoms with Crippen LogP contribution in [0.5, 0.6) is 0 Å². The largest absolute Gasteiger partial charge is 0.353 e. The molecule has 0 spiro atoms. The molecule has 0 radical (unpaired) electrons. The molecule has 1 aromatic carbocycles. The molecule has 1 heterocycles. The van der Waals surface area contributed by atoms with Gasteiger partial charge >= 0.3 is 0 Å². The van der Waals surface area contributed by atoms with Crippen molar-refractivity contribution in [2.45, 2.75) is 39.5 Å². The van der Waals surface area contributed by atoms with Gasteiger partial charge in [-0.3, -0.25) is 4.55 Å². The van der Waals surface area contributed by atoms with Crippen LogP contribution in [0.1, 0.15) is 36.1 Å². The molecule has 2 rings (SSSR count). The molecule has 0 bridgehead atoms. The quantitative estimate of drug-likeness (QED) is 0.657. The standard InChI is InChI=1S/C17H24N4O3S/c1-3-4-14-5-7-15(8-6-14)9-10-16-19-13(2)20-17(21-16)18-11-12-25(22,23)24/h5-8H,3-4,9-12H2,1-2H3,(H,22,23,24)(H,18,19,20,21). The van der Waals surface area contributed by atoms with Crippen molar-refractivity contribution in [2.24, 2.45) is 0 Å². The summed E-state index contributed by atoms with van der Waals surface area (Å²) in [5, 5.41) is 2.80. The van der Waals surface area contributed by atoms with Gasteiger partial charge in [0.15, 0.2) is 0 Å². The summed E-state index contributed by atoms with van der Waals surface area (Å²) in [7, 11) is -4.00. The van der Waals surface area contributed by atoms with E-state index in [1.54, 1.807) is 6.92 Å². The third-order valence-electron chi connectivity index (χ3n) is 3.64. The second kappa shape index (κ2) is 8.87. The average molecular weight is 364 g/mol. The van der Waals surface area contributed by atoms with Gasteiger partial charge in [0.2, 0.25) is 5.95 Å². The normalized spacial score (nSPS) is 11.5. The van der Waals surface area contributed by atoms with Crippen LogP contribution in [0.2, 0.25) is 0 Å². The zero-order chi connectivity index (χ0) is 18.3. The van der Waals surface area contributed by atoms with Crippen molar-refractivity contribution >= 4 is 16.1 Å². The maximum absolute atomic E-state index is 10.7. The lowest BCUT2D eigenvalue weighted by Crippen LogP contribution is -2.17. The molecule has 136 valence electrons. The first kappa shape index (κ1) is 19.3. The van der Waals surface area contributed by atoms with Gasteiger partial charge < -0.3 is 5.32 Å². The fourth-order valence-corrected chi connectivity index (χ4v) is 2.80. The molecule has 0 amide bonds. The van der Waals surface area contributed by atoms with Crippen LogP contribution in [0.3, 0.4) is 0 Å². The summed E-state index contributed by atoms with van der Waals surface area (Å²) in [5.74, 6) is 1.15. The maximum atomic E-state index is 10.7. The number of aromatic nitrogens is 3. The minimum Gasteiger partial charge on any atom is -0.353 e. The van der Waals surface area contributed by atoms with E-state index in [1.165, 1.54) is 11.1 Å². The van der Waals surface area contributed by atoms with Gasteiger partial charge in [0.1, 0.15) is 11.6 Å². The van der Waals surface area contributed by atoms with Gasteiger partial charge in [-0.15, -0.1) is 0 Å². The third-order valence-corrected chi connectivity index (χ3v) is 4.36. The molecule has 25 heavy (non-hydrogen) atoms. The molecule has 0 fully saturated rings. The van der Waals surface area contributed by atoms with Crippen LogP contribution in [-0.2, 0) is 29.4 Å². The first-order valence-electron chi connectivity index (χ1n) is 8.34. The number of hydrogen-bond acceptors (Lipinski definition) is 6. The Kier molecular flexibility index (Phi) is 6.83. The Labute approximate surface area is 148 Å². The predicted molar refractivity (Wildman–Crippen MR) is 97.3 cm³/mol. The van der Waals surface area contributed by atoms with E-state index in [1.807, 2.05) is 0 Å². The summed E-state index contributed by atoms with van der Waals surface area (Å²) < 4.78 is 30.2. The summed E-state index contributed by atoms with van der Waals surface area (Å²) in [6.07, 6.45) is 3.71. The summed E-state index contributed by atoms with van der Waals surface area (Å²) in [6.45, 7) is 3.97. The highest BCUT2D eigenvalue weighted by molar-refractivity contribution is 7.85. The van der Waals surface area contributed by atoms with Crippen LogP contribution < -0.4 is 5.32 Å². The summed E-state index contributed by atoms with van der Waals surface area (Å²) >= 11 is 0. The molecule has 0 aliphatic carbocycles. The number of rotatable bonds is 9. The smallest absolute Gasteiger partial charge is 0.266 e. The fourth-order valence-electron chi connectivity index (χ4n) is 2.44. The SMILES string of the molecule is CCCc1ccc(CCc2nc(C)nc(NCCS(=O)(=O)O)n2)cc1. The second-order valence-corrected chi connectivity index (χ2v) is 7.47. The number of aryl methyl sites for hydroxylation is 4. The monoisotopic (exact) mass is 364 g/mol. The number of hydrogen-bond donors (Lipinski definition) is 2. The zero-order valence-corrected chi connectivity index (χ0v) is 15.4. The Morgan fingerprint density at radius 3 is 2.24 bits per heavy atom. The minimum atomic E-state index is -4.00. The summed E-state index contributed by atoms with van der Waals surface area (Å²) in [6, 6.07) is 8.56. The van der Waals surface area contributed by atoms with Crippen LogP contribution in [0, 0.1) is 6.92 Å². The van der Waals surface area contributed by atoms with E-state index in [0.29, 0.717) is 24.0 Å². The van der Waals surface area contributed by atoms with Crippen LogP contribution in [-0.4, -0.2) is 40.2 Å². The lowest BCUT2D eigenvalue weighted by molar-refractivity contribution is 0.484. The topological polar surface area (TPSA) is 105 Å². The van der Waals surface area contributed by atoms with Crippen LogP contribution in [0.25, 0.3) is 0 Å². The van der Waals surface area contributed by atoms with Crippen LogP contribution >= 0.6 is 0 Å². The number of anilines is 1. The Hall–Kier alpha value is -2.06. The van der Waals surface area contributed by atoms with E-state index in [-0.39, 0.29) is 6.54 Å². The van der Waals surface area contributed by atoms with Crippen molar-refractivity contribution < 1.29 is 13.0 Å². The molecular formula is C17H24N4O3S. The highest BCUT2D eigenvalue weighted by Gasteiger charge is 2.07. The molecule has 2 aromatic rings. The average Bonchev–Trinajstić information content (AvgIpc) is 2.53. The molecule has 0 atom stereocenters. The molecule has 7 nitrogen and oxygen atoms in total. The van der Waals surface area contributed by atoms with Gasteiger partial charge in [0.05, 0.1) is 5.75 Å². The maximum Gasteiger partial charge on any atom is 0.266 e. The lowest BCUT2D eigenvalue weighted by Gasteiger charge is -2.07. The molecular weight excluding hydrogens is 340 g/mol. The number of nitrogens with one attached hydrogen (secondary N) is 1. The predicted octanol–water partition coefficient (Wildman–Crippen LogP) is 2.22. The minimum absolute atomic E-state index is 0.0423. The highest BCUT2D eigenvalue weighted by atomic mass is 32.2. The van der Waals surface area contributed by atoms with E-state index in [9.17, 15) is 8.42 Å². The lowest BCUT2D eigenvalue weighted by atomic mass is 10.0. The van der Waals surface area contributed by atoms with Gasteiger partial charge in [-0.05, 0) is 30.9 Å². The Balaban J connectivity index is 1.95. The van der Waals surface area contributed by atoms with Crippen LogP contribution in [0.4, 0.5) is 5.95 Å². The van der Waals surface area contributed by atoms with E-state index in [2.05, 4.69) is 51.5 Å². The molecule has 0 aliphatic rings. The van der Waals surface area contributed by atoms with Gasteiger partial charge in [-0.1, -0.05) is 37.6 Å². The Morgan fingerprint density at radius 1 is 1.00 bits per heavy atom. The Bertz CT molecular complexity index is 792. The Morgan fingerprint density at radius 2 is 1.64 bits per heavy atom. The van der Waals surface area contributed by atoms with Gasteiger partial charge in [-0.25, -0.2) is 4.98 Å². The van der Waals surface area contributed by atoms with Gasteiger partial charge in [0, 0.05) is 13.0 Å². The summed E-state index contributed by atoms with van der Waals surface area (Å²) in [5.41, 5.74) is 2.56. The molecule has 1 aromatic heterocycles. The highest BCUT2D eigenvalue weighted by Crippen LogP contribution is 2.10. The van der Waals surface area contributed by atoms with Gasteiger partial charge in [0.25, 0.3) is 10.1 Å².